The average molecular weight is 373 g/mol. The fourth-order valence-electron chi connectivity index (χ4n) is 2.50. The van der Waals surface area contributed by atoms with Crippen LogP contribution >= 0.6 is 0 Å². The van der Waals surface area contributed by atoms with Gasteiger partial charge in [0.15, 0.2) is 5.82 Å². The van der Waals surface area contributed by atoms with E-state index in [9.17, 15) is 8.42 Å². The van der Waals surface area contributed by atoms with Gasteiger partial charge in [-0.05, 0) is 71.8 Å². The molecule has 0 radical (unpaired) electrons. The van der Waals surface area contributed by atoms with Crippen molar-refractivity contribution in [2.24, 2.45) is 7.05 Å². The molecule has 0 amide bonds. The smallest absolute Gasteiger partial charge is 0.265 e. The summed E-state index contributed by atoms with van der Waals surface area (Å²) in [6.07, 6.45) is 0. The van der Waals surface area contributed by atoms with Gasteiger partial charge in [-0.1, -0.05) is 0 Å². The maximum Gasteiger partial charge on any atom is 0.265 e. The summed E-state index contributed by atoms with van der Waals surface area (Å²) >= 11 is 0. The summed E-state index contributed by atoms with van der Waals surface area (Å²) in [6, 6.07) is 10.1. The molecule has 3 rings (SSSR count). The SMILES string of the molecule is COc1cc(C)c(C)cc1S(=O)(=O)Nc1ccc(-c2nnnn2C)cc1. The van der Waals surface area contributed by atoms with Gasteiger partial charge in [0.05, 0.1) is 7.11 Å². The van der Waals surface area contributed by atoms with Crippen LogP contribution in [-0.2, 0) is 17.1 Å². The summed E-state index contributed by atoms with van der Waals surface area (Å²) in [6.45, 7) is 3.76. The van der Waals surface area contributed by atoms with Crippen molar-refractivity contribution >= 4 is 15.7 Å². The standard InChI is InChI=1S/C17H19N5O3S/c1-11-9-15(25-4)16(10-12(11)2)26(23,24)19-14-7-5-13(6-8-14)17-18-20-21-22(17)3/h5-10,19H,1-4H3. The van der Waals surface area contributed by atoms with Gasteiger partial charge in [0, 0.05) is 18.3 Å². The van der Waals surface area contributed by atoms with Crippen LogP contribution in [0.3, 0.4) is 0 Å². The lowest BCUT2D eigenvalue weighted by Crippen LogP contribution is -2.14. The van der Waals surface area contributed by atoms with Gasteiger partial charge in [0.1, 0.15) is 10.6 Å². The summed E-state index contributed by atoms with van der Waals surface area (Å²) in [4.78, 5) is 0.102. The molecule has 1 N–H and O–H groups in total. The Balaban J connectivity index is 1.91. The van der Waals surface area contributed by atoms with Crippen LogP contribution in [0.2, 0.25) is 0 Å². The van der Waals surface area contributed by atoms with E-state index in [4.69, 9.17) is 4.74 Å². The van der Waals surface area contributed by atoms with Crippen molar-refractivity contribution in [1.29, 1.82) is 0 Å². The van der Waals surface area contributed by atoms with E-state index in [0.717, 1.165) is 16.7 Å². The minimum Gasteiger partial charge on any atom is -0.495 e. The Hall–Kier alpha value is -2.94. The highest BCUT2D eigenvalue weighted by molar-refractivity contribution is 7.92. The Kier molecular flexibility index (Phi) is 4.64. The predicted molar refractivity (Wildman–Crippen MR) is 97.5 cm³/mol. The molecule has 0 saturated heterocycles. The maximum atomic E-state index is 12.8. The Morgan fingerprint density at radius 1 is 1.08 bits per heavy atom. The van der Waals surface area contributed by atoms with Crippen molar-refractivity contribution < 1.29 is 13.2 Å². The third-order valence-electron chi connectivity index (χ3n) is 4.08. The highest BCUT2D eigenvalue weighted by Crippen LogP contribution is 2.29. The minimum atomic E-state index is -3.79. The van der Waals surface area contributed by atoms with E-state index in [0.29, 0.717) is 17.3 Å². The van der Waals surface area contributed by atoms with Crippen LogP contribution in [0, 0.1) is 13.8 Å². The molecule has 0 aliphatic carbocycles. The van der Waals surface area contributed by atoms with Crippen LogP contribution < -0.4 is 9.46 Å². The quantitative estimate of drug-likeness (QED) is 0.737. The number of nitrogens with zero attached hydrogens (tertiary/aromatic N) is 4. The van der Waals surface area contributed by atoms with Crippen molar-refractivity contribution in [1.82, 2.24) is 20.2 Å². The molecule has 0 unspecified atom stereocenters. The van der Waals surface area contributed by atoms with Gasteiger partial charge in [-0.2, -0.15) is 0 Å². The fraction of sp³-hybridized carbons (Fsp3) is 0.235. The van der Waals surface area contributed by atoms with Crippen molar-refractivity contribution in [2.75, 3.05) is 11.8 Å². The number of sulfonamides is 1. The molecule has 9 heteroatoms. The van der Waals surface area contributed by atoms with E-state index in [1.165, 1.54) is 7.11 Å². The first-order chi connectivity index (χ1) is 12.3. The number of tetrazole rings is 1. The van der Waals surface area contributed by atoms with E-state index in [1.807, 2.05) is 13.8 Å². The van der Waals surface area contributed by atoms with Gasteiger partial charge < -0.3 is 4.74 Å². The highest BCUT2D eigenvalue weighted by atomic mass is 32.2. The molecule has 0 atom stereocenters. The second kappa shape index (κ2) is 6.75. The molecule has 0 fully saturated rings. The largest absolute Gasteiger partial charge is 0.495 e. The maximum absolute atomic E-state index is 12.8. The Morgan fingerprint density at radius 3 is 2.31 bits per heavy atom. The fourth-order valence-corrected chi connectivity index (χ4v) is 3.80. The van der Waals surface area contributed by atoms with E-state index >= 15 is 0 Å². The zero-order valence-corrected chi connectivity index (χ0v) is 15.7. The number of ether oxygens (including phenoxy) is 1. The second-order valence-corrected chi connectivity index (χ2v) is 7.55. The van der Waals surface area contributed by atoms with Gasteiger partial charge in [-0.15, -0.1) is 5.10 Å². The topological polar surface area (TPSA) is 99.0 Å². The molecule has 1 aromatic heterocycles. The molecule has 0 bridgehead atoms. The monoisotopic (exact) mass is 373 g/mol. The van der Waals surface area contributed by atoms with Gasteiger partial charge in [0.2, 0.25) is 0 Å². The first kappa shape index (κ1) is 17.9. The van der Waals surface area contributed by atoms with Crippen molar-refractivity contribution in [3.05, 3.63) is 47.5 Å². The number of anilines is 1. The van der Waals surface area contributed by atoms with E-state index in [-0.39, 0.29) is 4.90 Å². The zero-order chi connectivity index (χ0) is 18.9. The van der Waals surface area contributed by atoms with Crippen molar-refractivity contribution in [3.63, 3.8) is 0 Å². The molecule has 0 aliphatic rings. The van der Waals surface area contributed by atoms with Gasteiger partial charge >= 0.3 is 0 Å². The minimum absolute atomic E-state index is 0.102. The van der Waals surface area contributed by atoms with Gasteiger partial charge in [0.25, 0.3) is 10.0 Å². The molecule has 0 aliphatic heterocycles. The van der Waals surface area contributed by atoms with Crippen LogP contribution in [-0.4, -0.2) is 35.7 Å². The van der Waals surface area contributed by atoms with Crippen LogP contribution in [0.25, 0.3) is 11.4 Å². The molecule has 136 valence electrons. The molecular weight excluding hydrogens is 354 g/mol. The number of aromatic nitrogens is 4. The molecule has 3 aromatic rings. The molecule has 8 nitrogen and oxygen atoms in total. The molecule has 0 spiro atoms. The first-order valence-corrected chi connectivity index (χ1v) is 9.31. The number of hydrogen-bond donors (Lipinski definition) is 1. The number of benzene rings is 2. The number of hydrogen-bond acceptors (Lipinski definition) is 6. The summed E-state index contributed by atoms with van der Waals surface area (Å²) < 4.78 is 34.9. The number of aryl methyl sites for hydroxylation is 3. The third-order valence-corrected chi connectivity index (χ3v) is 5.49. The summed E-state index contributed by atoms with van der Waals surface area (Å²) in [5.41, 5.74) is 3.05. The summed E-state index contributed by atoms with van der Waals surface area (Å²) in [5.74, 6) is 0.901. The number of nitrogens with one attached hydrogen (secondary N) is 1. The van der Waals surface area contributed by atoms with Gasteiger partial charge in [-0.3, -0.25) is 4.72 Å². The first-order valence-electron chi connectivity index (χ1n) is 7.82. The van der Waals surface area contributed by atoms with E-state index in [2.05, 4.69) is 20.2 Å². The van der Waals surface area contributed by atoms with Crippen LogP contribution in [0.1, 0.15) is 11.1 Å². The third kappa shape index (κ3) is 3.38. The molecular formula is C17H19N5O3S. The normalized spacial score (nSPS) is 11.4. The van der Waals surface area contributed by atoms with Crippen LogP contribution in [0.4, 0.5) is 5.69 Å². The predicted octanol–water partition coefficient (Wildman–Crippen LogP) is 2.30. The van der Waals surface area contributed by atoms with Crippen molar-refractivity contribution in [2.45, 2.75) is 18.7 Å². The van der Waals surface area contributed by atoms with Crippen LogP contribution in [0.15, 0.2) is 41.3 Å². The average Bonchev–Trinajstić information content (AvgIpc) is 3.03. The summed E-state index contributed by atoms with van der Waals surface area (Å²) in [7, 11) is -0.605. The molecule has 0 saturated carbocycles. The van der Waals surface area contributed by atoms with Crippen molar-refractivity contribution in [3.8, 4) is 17.1 Å². The van der Waals surface area contributed by atoms with E-state index < -0.39 is 10.0 Å². The number of methoxy groups -OCH3 is 1. The Morgan fingerprint density at radius 2 is 1.73 bits per heavy atom. The lowest BCUT2D eigenvalue weighted by molar-refractivity contribution is 0.402. The summed E-state index contributed by atoms with van der Waals surface area (Å²) in [5, 5.41) is 11.3. The van der Waals surface area contributed by atoms with E-state index in [1.54, 1.807) is 48.1 Å². The lowest BCUT2D eigenvalue weighted by atomic mass is 10.1. The Bertz CT molecular complexity index is 1040. The molecule has 2 aromatic carbocycles. The number of rotatable bonds is 5. The second-order valence-electron chi connectivity index (χ2n) is 5.90. The van der Waals surface area contributed by atoms with Crippen LogP contribution in [0.5, 0.6) is 5.75 Å². The zero-order valence-electron chi connectivity index (χ0n) is 14.9. The Labute approximate surface area is 151 Å². The highest BCUT2D eigenvalue weighted by Gasteiger charge is 2.21. The molecule has 1 heterocycles. The lowest BCUT2D eigenvalue weighted by Gasteiger charge is -2.14. The molecule has 26 heavy (non-hydrogen) atoms. The van der Waals surface area contributed by atoms with Gasteiger partial charge in [-0.25, -0.2) is 13.1 Å².